The molecule has 1 atom stereocenters. The zero-order chi connectivity index (χ0) is 23.4. The van der Waals surface area contributed by atoms with Crippen LogP contribution in [0, 0.1) is 0 Å². The van der Waals surface area contributed by atoms with E-state index in [2.05, 4.69) is 0 Å². The largest absolute Gasteiger partial charge is 0.493 e. The normalized spacial score (nSPS) is 19.1. The summed E-state index contributed by atoms with van der Waals surface area (Å²) in [5.41, 5.74) is 1.74. The second kappa shape index (κ2) is 10.2. The van der Waals surface area contributed by atoms with Gasteiger partial charge in [-0.05, 0) is 42.2 Å². The molecule has 0 spiro atoms. The molecule has 0 aromatic heterocycles. The van der Waals surface area contributed by atoms with Crippen molar-refractivity contribution in [2.75, 3.05) is 33.9 Å². The summed E-state index contributed by atoms with van der Waals surface area (Å²) in [5.74, 6) is 0.866. The number of rotatable bonds is 6. The summed E-state index contributed by atoms with van der Waals surface area (Å²) in [5, 5.41) is 0.388. The Morgan fingerprint density at radius 3 is 2.48 bits per heavy atom. The summed E-state index contributed by atoms with van der Waals surface area (Å²) in [6.45, 7) is 1.49. The number of nitrogens with zero attached hydrogens (tertiary/aromatic N) is 2. The molecule has 2 fully saturated rings. The Balaban J connectivity index is 1.39. The first-order chi connectivity index (χ1) is 16.0. The van der Waals surface area contributed by atoms with Crippen LogP contribution < -0.4 is 9.47 Å². The molecular formula is C25H27ClN2O5. The quantitative estimate of drug-likeness (QED) is 0.579. The van der Waals surface area contributed by atoms with Gasteiger partial charge in [-0.3, -0.25) is 9.69 Å². The van der Waals surface area contributed by atoms with Crippen molar-refractivity contribution in [2.24, 2.45) is 0 Å². The van der Waals surface area contributed by atoms with Crippen molar-refractivity contribution >= 4 is 29.7 Å². The predicted octanol–water partition coefficient (Wildman–Crippen LogP) is 4.55. The minimum atomic E-state index is -0.281. The van der Waals surface area contributed by atoms with E-state index in [-0.39, 0.29) is 24.1 Å². The minimum absolute atomic E-state index is 0.0403. The molecule has 33 heavy (non-hydrogen) atoms. The lowest BCUT2D eigenvalue weighted by Crippen LogP contribution is -2.47. The summed E-state index contributed by atoms with van der Waals surface area (Å²) < 4.78 is 15.9. The number of likely N-dealkylation sites (tertiary alicyclic amines) is 1. The molecule has 2 amide bonds. The lowest BCUT2D eigenvalue weighted by atomic mass is 9.99. The van der Waals surface area contributed by atoms with Crippen LogP contribution in [0.5, 0.6) is 11.5 Å². The van der Waals surface area contributed by atoms with E-state index in [4.69, 9.17) is 25.8 Å². The third kappa shape index (κ3) is 4.78. The van der Waals surface area contributed by atoms with Crippen molar-refractivity contribution in [3.63, 3.8) is 0 Å². The zero-order valence-corrected chi connectivity index (χ0v) is 19.5. The Labute approximate surface area is 198 Å². The fraction of sp³-hybridized carbons (Fsp3) is 0.360. The van der Waals surface area contributed by atoms with E-state index in [1.54, 1.807) is 30.2 Å². The molecule has 0 saturated carbocycles. The lowest BCUT2D eigenvalue weighted by Gasteiger charge is -2.37. The van der Waals surface area contributed by atoms with Gasteiger partial charge in [0.15, 0.2) is 11.5 Å². The van der Waals surface area contributed by atoms with Crippen LogP contribution in [0.25, 0.3) is 6.08 Å². The second-order valence-corrected chi connectivity index (χ2v) is 8.38. The van der Waals surface area contributed by atoms with Gasteiger partial charge in [-0.1, -0.05) is 41.9 Å². The Morgan fingerprint density at radius 2 is 1.82 bits per heavy atom. The van der Waals surface area contributed by atoms with E-state index < -0.39 is 0 Å². The standard InChI is InChI=1S/C25H27ClN2O5/c1-31-21-10-8-18(23(26)24(21)32-2)9-11-22(29)27-14-12-19(13-15-27)28-20(16-33-25(28)30)17-6-4-3-5-7-17/h3-11,19-20H,12-16H2,1-2H3/b11-9+/t20-/m0/s1. The van der Waals surface area contributed by atoms with E-state index in [9.17, 15) is 9.59 Å². The van der Waals surface area contributed by atoms with Crippen molar-refractivity contribution in [3.8, 4) is 11.5 Å². The van der Waals surface area contributed by atoms with Crippen LogP contribution in [0.15, 0.2) is 48.5 Å². The second-order valence-electron chi connectivity index (χ2n) is 8.00. The SMILES string of the molecule is COc1ccc(/C=C/C(=O)N2CCC(N3C(=O)OC[C@H]3c3ccccc3)CC2)c(Cl)c1OC. The molecule has 0 radical (unpaired) electrons. The summed E-state index contributed by atoms with van der Waals surface area (Å²) in [6.07, 6.45) is 4.33. The van der Waals surface area contributed by atoms with E-state index in [0.717, 1.165) is 5.56 Å². The fourth-order valence-electron chi connectivity index (χ4n) is 4.43. The van der Waals surface area contributed by atoms with Gasteiger partial charge >= 0.3 is 6.09 Å². The van der Waals surface area contributed by atoms with Gasteiger partial charge < -0.3 is 19.1 Å². The van der Waals surface area contributed by atoms with E-state index in [0.29, 0.717) is 54.6 Å². The van der Waals surface area contributed by atoms with Gasteiger partial charge in [0.05, 0.1) is 25.3 Å². The van der Waals surface area contributed by atoms with Crippen molar-refractivity contribution in [3.05, 3.63) is 64.7 Å². The molecule has 0 unspecified atom stereocenters. The molecule has 0 N–H and O–H groups in total. The molecule has 8 heteroatoms. The van der Waals surface area contributed by atoms with Crippen LogP contribution in [-0.4, -0.2) is 61.8 Å². The van der Waals surface area contributed by atoms with Gasteiger partial charge in [-0.2, -0.15) is 0 Å². The highest BCUT2D eigenvalue weighted by atomic mass is 35.5. The first-order valence-electron chi connectivity index (χ1n) is 10.9. The zero-order valence-electron chi connectivity index (χ0n) is 18.7. The van der Waals surface area contributed by atoms with Crippen molar-refractivity contribution in [2.45, 2.75) is 24.9 Å². The monoisotopic (exact) mass is 470 g/mol. The van der Waals surface area contributed by atoms with Gasteiger partial charge in [0.25, 0.3) is 0 Å². The van der Waals surface area contributed by atoms with Gasteiger partial charge in [-0.25, -0.2) is 4.79 Å². The Kier molecular flexibility index (Phi) is 7.08. The van der Waals surface area contributed by atoms with Gasteiger partial charge in [0.1, 0.15) is 6.61 Å². The van der Waals surface area contributed by atoms with E-state index in [1.807, 2.05) is 35.2 Å². The van der Waals surface area contributed by atoms with Crippen LogP contribution in [-0.2, 0) is 9.53 Å². The van der Waals surface area contributed by atoms with Gasteiger partial charge in [0.2, 0.25) is 5.91 Å². The number of piperidine rings is 1. The van der Waals surface area contributed by atoms with E-state index in [1.165, 1.54) is 13.2 Å². The minimum Gasteiger partial charge on any atom is -0.493 e. The van der Waals surface area contributed by atoms with Gasteiger partial charge in [-0.15, -0.1) is 0 Å². The summed E-state index contributed by atoms with van der Waals surface area (Å²) in [6, 6.07) is 13.4. The lowest BCUT2D eigenvalue weighted by molar-refractivity contribution is -0.127. The molecule has 2 heterocycles. The van der Waals surface area contributed by atoms with Crippen LogP contribution in [0.3, 0.4) is 0 Å². The molecule has 4 rings (SSSR count). The number of amides is 2. The first kappa shape index (κ1) is 23.0. The van der Waals surface area contributed by atoms with Crippen LogP contribution in [0.4, 0.5) is 4.79 Å². The number of benzene rings is 2. The van der Waals surface area contributed by atoms with Crippen LogP contribution >= 0.6 is 11.6 Å². The number of ether oxygens (including phenoxy) is 3. The van der Waals surface area contributed by atoms with Crippen LogP contribution in [0.1, 0.15) is 30.0 Å². The number of cyclic esters (lactones) is 1. The van der Waals surface area contributed by atoms with Gasteiger partial charge in [0, 0.05) is 25.2 Å². The molecule has 0 aliphatic carbocycles. The number of carbonyl (C=O) groups is 2. The third-order valence-corrected chi connectivity index (χ3v) is 6.58. The smallest absolute Gasteiger partial charge is 0.410 e. The third-order valence-electron chi connectivity index (χ3n) is 6.19. The highest BCUT2D eigenvalue weighted by molar-refractivity contribution is 6.33. The molecule has 174 valence electrons. The predicted molar refractivity (Wildman–Crippen MR) is 126 cm³/mol. The van der Waals surface area contributed by atoms with Crippen molar-refractivity contribution < 1.29 is 23.8 Å². The number of halogens is 1. The van der Waals surface area contributed by atoms with Crippen LogP contribution in [0.2, 0.25) is 5.02 Å². The molecule has 2 aliphatic heterocycles. The molecule has 2 aromatic carbocycles. The average molecular weight is 471 g/mol. The maximum absolute atomic E-state index is 12.8. The van der Waals surface area contributed by atoms with Crippen molar-refractivity contribution in [1.82, 2.24) is 9.80 Å². The number of methoxy groups -OCH3 is 2. The highest BCUT2D eigenvalue weighted by Crippen LogP contribution is 2.38. The average Bonchev–Trinajstić information content (AvgIpc) is 3.24. The maximum Gasteiger partial charge on any atom is 0.410 e. The maximum atomic E-state index is 12.8. The topological polar surface area (TPSA) is 68.3 Å². The molecule has 2 saturated heterocycles. The van der Waals surface area contributed by atoms with Crippen molar-refractivity contribution in [1.29, 1.82) is 0 Å². The van der Waals surface area contributed by atoms with E-state index >= 15 is 0 Å². The summed E-state index contributed by atoms with van der Waals surface area (Å²) >= 11 is 6.40. The summed E-state index contributed by atoms with van der Waals surface area (Å²) in [7, 11) is 3.06. The molecular weight excluding hydrogens is 444 g/mol. The number of hydrogen-bond donors (Lipinski definition) is 0. The molecule has 2 aromatic rings. The number of hydrogen-bond acceptors (Lipinski definition) is 5. The Bertz CT molecular complexity index is 1030. The Hall–Kier alpha value is -3.19. The molecule has 7 nitrogen and oxygen atoms in total. The number of carbonyl (C=O) groups excluding carboxylic acids is 2. The summed E-state index contributed by atoms with van der Waals surface area (Å²) in [4.78, 5) is 28.9. The fourth-order valence-corrected chi connectivity index (χ4v) is 4.73. The Morgan fingerprint density at radius 1 is 1.09 bits per heavy atom. The highest BCUT2D eigenvalue weighted by Gasteiger charge is 2.40. The molecule has 0 bridgehead atoms. The first-order valence-corrected chi connectivity index (χ1v) is 11.3. The molecule has 2 aliphatic rings.